The molecule has 3 nitrogen and oxygen atoms in total. The lowest BCUT2D eigenvalue weighted by Crippen LogP contribution is -2.50. The van der Waals surface area contributed by atoms with Crippen LogP contribution in [-0.2, 0) is 0 Å². The molecule has 0 radical (unpaired) electrons. The minimum Gasteiger partial charge on any atom is -0.411 e. The van der Waals surface area contributed by atoms with Crippen molar-refractivity contribution < 1.29 is 10.3 Å². The van der Waals surface area contributed by atoms with Crippen molar-refractivity contribution in [3.05, 3.63) is 11.6 Å². The molecule has 3 saturated carbocycles. The molecule has 24 heavy (non-hydrogen) atoms. The van der Waals surface area contributed by atoms with E-state index in [9.17, 15) is 10.3 Å². The zero-order chi connectivity index (χ0) is 17.1. The number of nitrogens with zero attached hydrogens (tertiary/aromatic N) is 1. The second kappa shape index (κ2) is 5.59. The van der Waals surface area contributed by atoms with Crippen molar-refractivity contribution in [2.75, 3.05) is 0 Å². The fourth-order valence-corrected chi connectivity index (χ4v) is 7.40. The van der Waals surface area contributed by atoms with Crippen molar-refractivity contribution >= 4 is 5.71 Å². The third kappa shape index (κ3) is 2.16. The molecule has 0 bridgehead atoms. The van der Waals surface area contributed by atoms with Gasteiger partial charge >= 0.3 is 0 Å². The highest BCUT2D eigenvalue weighted by molar-refractivity contribution is 5.85. The maximum Gasteiger partial charge on any atom is 0.0577 e. The van der Waals surface area contributed by atoms with Crippen LogP contribution in [0.25, 0.3) is 0 Å². The van der Waals surface area contributed by atoms with Gasteiger partial charge in [0.1, 0.15) is 0 Å². The first kappa shape index (κ1) is 16.6. The number of allylic oxidation sites excluding steroid dienone is 1. The Morgan fingerprint density at radius 2 is 1.92 bits per heavy atom. The Morgan fingerprint density at radius 1 is 1.12 bits per heavy atom. The number of aliphatic hydroxyl groups excluding tert-OH is 1. The van der Waals surface area contributed by atoms with Crippen molar-refractivity contribution in [3.8, 4) is 0 Å². The van der Waals surface area contributed by atoms with Crippen LogP contribution < -0.4 is 0 Å². The van der Waals surface area contributed by atoms with E-state index in [-0.39, 0.29) is 6.10 Å². The quantitative estimate of drug-likeness (QED) is 0.314. The van der Waals surface area contributed by atoms with E-state index in [2.05, 4.69) is 25.1 Å². The van der Waals surface area contributed by atoms with E-state index in [1.807, 2.05) is 6.92 Å². The largest absolute Gasteiger partial charge is 0.411 e. The summed E-state index contributed by atoms with van der Waals surface area (Å²) in [7, 11) is 0. The number of fused-ring (bicyclic) bond motifs is 5. The molecule has 4 rings (SSSR count). The lowest BCUT2D eigenvalue weighted by molar-refractivity contribution is -0.0425. The Hall–Kier alpha value is -0.830. The van der Waals surface area contributed by atoms with E-state index in [4.69, 9.17) is 0 Å². The zero-order valence-electron chi connectivity index (χ0n) is 15.5. The SMILES string of the molecule is C/C(=N/O)[C@@H]1CC[C@@H]2[C@H]3CC=C4C[C@@H](O)CC[C@]4(C)[C@@H]3CC[C@]21C. The fourth-order valence-electron chi connectivity index (χ4n) is 7.40. The zero-order valence-corrected chi connectivity index (χ0v) is 15.5. The van der Waals surface area contributed by atoms with Crippen molar-refractivity contribution in [2.24, 2.45) is 39.7 Å². The highest BCUT2D eigenvalue weighted by Gasteiger charge is 2.59. The third-order valence-electron chi connectivity index (χ3n) is 8.74. The Bertz CT molecular complexity index is 582. The highest BCUT2D eigenvalue weighted by atomic mass is 16.4. The van der Waals surface area contributed by atoms with Crippen LogP contribution in [0.2, 0.25) is 0 Å². The standard InChI is InChI=1S/C21H33NO2/c1-13(22-24)17-6-7-18-16-5-4-14-12-15(23)8-10-20(14,2)19(16)9-11-21(17,18)3/h4,15-19,23-24H,5-12H2,1-3H3/b22-13-/t15-,16+,17-,18+,19+,20-,21-/m0/s1. The molecule has 0 amide bonds. The number of hydrogen-bond donors (Lipinski definition) is 2. The molecule has 3 fully saturated rings. The van der Waals surface area contributed by atoms with Crippen LogP contribution in [0.15, 0.2) is 16.8 Å². The maximum atomic E-state index is 10.1. The highest BCUT2D eigenvalue weighted by Crippen LogP contribution is 2.66. The van der Waals surface area contributed by atoms with Crippen LogP contribution in [0.5, 0.6) is 0 Å². The molecule has 0 aromatic heterocycles. The van der Waals surface area contributed by atoms with Gasteiger partial charge in [0, 0.05) is 5.92 Å². The van der Waals surface area contributed by atoms with Gasteiger partial charge < -0.3 is 10.3 Å². The van der Waals surface area contributed by atoms with E-state index in [1.165, 1.54) is 32.1 Å². The van der Waals surface area contributed by atoms with E-state index >= 15 is 0 Å². The average molecular weight is 332 g/mol. The first-order valence-electron chi connectivity index (χ1n) is 9.96. The Balaban J connectivity index is 1.65. The van der Waals surface area contributed by atoms with Gasteiger partial charge in [0.25, 0.3) is 0 Å². The molecule has 2 N–H and O–H groups in total. The van der Waals surface area contributed by atoms with Gasteiger partial charge in [-0.25, -0.2) is 0 Å². The van der Waals surface area contributed by atoms with Crippen LogP contribution in [0, 0.1) is 34.5 Å². The van der Waals surface area contributed by atoms with Gasteiger partial charge in [-0.15, -0.1) is 0 Å². The molecule has 0 heterocycles. The number of rotatable bonds is 1. The molecule has 0 unspecified atom stereocenters. The second-order valence-corrected chi connectivity index (χ2v) is 9.57. The summed E-state index contributed by atoms with van der Waals surface area (Å²) >= 11 is 0. The van der Waals surface area contributed by atoms with Gasteiger partial charge in [-0.05, 0) is 86.9 Å². The molecule has 4 aliphatic carbocycles. The Morgan fingerprint density at radius 3 is 2.67 bits per heavy atom. The summed E-state index contributed by atoms with van der Waals surface area (Å²) in [5.74, 6) is 2.79. The van der Waals surface area contributed by atoms with E-state index in [0.29, 0.717) is 16.7 Å². The smallest absolute Gasteiger partial charge is 0.0577 e. The summed E-state index contributed by atoms with van der Waals surface area (Å²) in [6, 6.07) is 0. The van der Waals surface area contributed by atoms with Crippen molar-refractivity contribution in [3.63, 3.8) is 0 Å². The van der Waals surface area contributed by atoms with Gasteiger partial charge in [-0.2, -0.15) is 0 Å². The summed E-state index contributed by atoms with van der Waals surface area (Å²) in [5.41, 5.74) is 3.13. The van der Waals surface area contributed by atoms with E-state index < -0.39 is 0 Å². The van der Waals surface area contributed by atoms with Gasteiger partial charge in [-0.3, -0.25) is 0 Å². The molecular formula is C21H33NO2. The fraction of sp³-hybridized carbons (Fsp3) is 0.857. The third-order valence-corrected chi connectivity index (χ3v) is 8.74. The van der Waals surface area contributed by atoms with Gasteiger partial charge in [0.2, 0.25) is 0 Å². The maximum absolute atomic E-state index is 10.1. The van der Waals surface area contributed by atoms with Crippen molar-refractivity contribution in [2.45, 2.75) is 78.2 Å². The monoisotopic (exact) mass is 331 g/mol. The first-order valence-corrected chi connectivity index (χ1v) is 9.96. The van der Waals surface area contributed by atoms with Crippen LogP contribution >= 0.6 is 0 Å². The predicted octanol–water partition coefficient (Wildman–Crippen LogP) is 4.78. The number of aliphatic hydroxyl groups is 1. The van der Waals surface area contributed by atoms with E-state index in [1.54, 1.807) is 5.57 Å². The number of hydrogen-bond acceptors (Lipinski definition) is 3. The van der Waals surface area contributed by atoms with Crippen LogP contribution in [0.1, 0.15) is 72.1 Å². The number of oxime groups is 1. The minimum absolute atomic E-state index is 0.117. The molecule has 0 aromatic carbocycles. The van der Waals surface area contributed by atoms with Gasteiger partial charge in [0.15, 0.2) is 0 Å². The molecule has 7 atom stereocenters. The van der Waals surface area contributed by atoms with Crippen molar-refractivity contribution in [1.29, 1.82) is 0 Å². The van der Waals surface area contributed by atoms with Crippen LogP contribution in [-0.4, -0.2) is 22.1 Å². The summed E-state index contributed by atoms with van der Waals surface area (Å²) in [4.78, 5) is 0. The molecule has 0 aliphatic heterocycles. The van der Waals surface area contributed by atoms with E-state index in [0.717, 1.165) is 42.7 Å². The first-order chi connectivity index (χ1) is 11.4. The second-order valence-electron chi connectivity index (χ2n) is 9.57. The molecule has 3 heteroatoms. The summed E-state index contributed by atoms with van der Waals surface area (Å²) in [6.45, 7) is 6.95. The molecular weight excluding hydrogens is 298 g/mol. The average Bonchev–Trinajstić information content (AvgIpc) is 2.92. The lowest BCUT2D eigenvalue weighted by Gasteiger charge is -2.58. The van der Waals surface area contributed by atoms with Crippen molar-refractivity contribution in [1.82, 2.24) is 0 Å². The predicted molar refractivity (Wildman–Crippen MR) is 96.1 cm³/mol. The molecule has 0 aromatic rings. The topological polar surface area (TPSA) is 52.8 Å². The Kier molecular flexibility index (Phi) is 3.87. The Labute approximate surface area is 146 Å². The van der Waals surface area contributed by atoms with Gasteiger partial charge in [-0.1, -0.05) is 30.7 Å². The van der Waals surface area contributed by atoms with Crippen LogP contribution in [0.3, 0.4) is 0 Å². The summed E-state index contributed by atoms with van der Waals surface area (Å²) in [5, 5.41) is 23.0. The molecule has 0 spiro atoms. The molecule has 0 saturated heterocycles. The molecule has 4 aliphatic rings. The minimum atomic E-state index is -0.117. The lowest BCUT2D eigenvalue weighted by atomic mass is 9.47. The van der Waals surface area contributed by atoms with Crippen LogP contribution in [0.4, 0.5) is 0 Å². The van der Waals surface area contributed by atoms with Gasteiger partial charge in [0.05, 0.1) is 11.8 Å². The molecule has 134 valence electrons. The summed E-state index contributed by atoms with van der Waals surface area (Å²) in [6.07, 6.45) is 11.7. The normalized spacial score (nSPS) is 51.4. The summed E-state index contributed by atoms with van der Waals surface area (Å²) < 4.78 is 0.